The summed E-state index contributed by atoms with van der Waals surface area (Å²) in [6, 6.07) is 9.25. The molecule has 2 aromatic carbocycles. The lowest BCUT2D eigenvalue weighted by Crippen LogP contribution is -1.89. The Kier molecular flexibility index (Phi) is 2.37. The zero-order valence-electron chi connectivity index (χ0n) is 8.65. The van der Waals surface area contributed by atoms with Crippen LogP contribution in [0.2, 0.25) is 0 Å². The number of halogens is 2. The predicted octanol–water partition coefficient (Wildman–Crippen LogP) is 4.24. The molecule has 0 aliphatic rings. The van der Waals surface area contributed by atoms with Gasteiger partial charge in [0.05, 0.1) is 10.3 Å². The van der Waals surface area contributed by atoms with Crippen LogP contribution < -0.4 is 0 Å². The van der Waals surface area contributed by atoms with Crippen LogP contribution in [0.1, 0.15) is 0 Å². The molecule has 84 valence electrons. The molecule has 0 fully saturated rings. The van der Waals surface area contributed by atoms with Crippen molar-refractivity contribution in [1.29, 1.82) is 0 Å². The van der Waals surface area contributed by atoms with Gasteiger partial charge < -0.3 is 0 Å². The van der Waals surface area contributed by atoms with Crippen molar-refractivity contribution in [2.45, 2.75) is 0 Å². The maximum absolute atomic E-state index is 13.7. The second-order valence-corrected chi connectivity index (χ2v) is 4.47. The van der Waals surface area contributed by atoms with Crippen LogP contribution in [-0.2, 0) is 0 Å². The smallest absolute Gasteiger partial charge is 0.133 e. The van der Waals surface area contributed by atoms with Crippen LogP contribution in [0.5, 0.6) is 0 Å². The van der Waals surface area contributed by atoms with Crippen LogP contribution in [-0.4, -0.2) is 4.37 Å². The van der Waals surface area contributed by atoms with E-state index in [1.54, 1.807) is 18.3 Å². The molecule has 0 unspecified atom stereocenters. The SMILES string of the molecule is Fc1cccc(F)c1-c1cccc2sncc12. The van der Waals surface area contributed by atoms with E-state index in [-0.39, 0.29) is 5.56 Å². The van der Waals surface area contributed by atoms with Gasteiger partial charge in [-0.2, -0.15) is 4.37 Å². The van der Waals surface area contributed by atoms with Gasteiger partial charge in [0.1, 0.15) is 11.6 Å². The van der Waals surface area contributed by atoms with Crippen LogP contribution in [0.3, 0.4) is 0 Å². The molecule has 3 aromatic rings. The largest absolute Gasteiger partial charge is 0.206 e. The molecule has 0 N–H and O–H groups in total. The summed E-state index contributed by atoms with van der Waals surface area (Å²) < 4.78 is 32.4. The standard InChI is InChI=1S/C13H7F2NS/c14-10-4-2-5-11(15)13(10)8-3-1-6-12-9(8)7-16-17-12/h1-7H. The summed E-state index contributed by atoms with van der Waals surface area (Å²) >= 11 is 1.31. The number of nitrogens with zero attached hydrogens (tertiary/aromatic N) is 1. The summed E-state index contributed by atoms with van der Waals surface area (Å²) in [5.74, 6) is -1.10. The summed E-state index contributed by atoms with van der Waals surface area (Å²) in [5.41, 5.74) is 0.560. The van der Waals surface area contributed by atoms with E-state index < -0.39 is 11.6 Å². The summed E-state index contributed by atoms with van der Waals surface area (Å²) in [6.45, 7) is 0. The van der Waals surface area contributed by atoms with Gasteiger partial charge in [-0.1, -0.05) is 18.2 Å². The number of hydrogen-bond acceptors (Lipinski definition) is 2. The first-order valence-electron chi connectivity index (χ1n) is 5.05. The topological polar surface area (TPSA) is 12.9 Å². The Morgan fingerprint density at radius 3 is 2.41 bits per heavy atom. The van der Waals surface area contributed by atoms with Gasteiger partial charge in [0.15, 0.2) is 0 Å². The van der Waals surface area contributed by atoms with E-state index >= 15 is 0 Å². The molecule has 3 rings (SSSR count). The van der Waals surface area contributed by atoms with E-state index in [1.807, 2.05) is 6.07 Å². The Bertz CT molecular complexity index is 670. The minimum atomic E-state index is -0.552. The second-order valence-electron chi connectivity index (χ2n) is 3.64. The van der Waals surface area contributed by atoms with Gasteiger partial charge in [-0.15, -0.1) is 0 Å². The molecular weight excluding hydrogens is 240 g/mol. The Morgan fingerprint density at radius 2 is 1.65 bits per heavy atom. The highest BCUT2D eigenvalue weighted by atomic mass is 32.1. The monoisotopic (exact) mass is 247 g/mol. The summed E-state index contributed by atoms with van der Waals surface area (Å²) in [4.78, 5) is 0. The third-order valence-corrected chi connectivity index (χ3v) is 3.39. The molecule has 0 aliphatic carbocycles. The normalized spacial score (nSPS) is 10.9. The van der Waals surface area contributed by atoms with E-state index in [1.165, 1.54) is 29.7 Å². The fourth-order valence-electron chi connectivity index (χ4n) is 1.87. The Morgan fingerprint density at radius 1 is 0.941 bits per heavy atom. The van der Waals surface area contributed by atoms with Crippen LogP contribution in [0, 0.1) is 11.6 Å². The highest BCUT2D eigenvalue weighted by Gasteiger charge is 2.14. The van der Waals surface area contributed by atoms with Gasteiger partial charge in [0, 0.05) is 11.6 Å². The molecule has 0 amide bonds. The molecule has 0 saturated heterocycles. The molecule has 0 bridgehead atoms. The van der Waals surface area contributed by atoms with E-state index in [9.17, 15) is 8.78 Å². The van der Waals surface area contributed by atoms with Gasteiger partial charge in [0.25, 0.3) is 0 Å². The van der Waals surface area contributed by atoms with Crippen molar-refractivity contribution in [2.24, 2.45) is 0 Å². The summed E-state index contributed by atoms with van der Waals surface area (Å²) in [5, 5.41) is 0.779. The number of aromatic nitrogens is 1. The fourth-order valence-corrected chi connectivity index (χ4v) is 2.54. The molecule has 1 nitrogen and oxygen atoms in total. The summed E-state index contributed by atoms with van der Waals surface area (Å²) in [7, 11) is 0. The van der Waals surface area contributed by atoms with Crippen molar-refractivity contribution in [3.63, 3.8) is 0 Å². The molecule has 1 aromatic heterocycles. The van der Waals surface area contributed by atoms with Gasteiger partial charge in [0.2, 0.25) is 0 Å². The molecule has 0 aliphatic heterocycles. The zero-order valence-corrected chi connectivity index (χ0v) is 9.47. The highest BCUT2D eigenvalue weighted by Crippen LogP contribution is 2.33. The molecule has 4 heteroatoms. The molecule has 0 atom stereocenters. The first-order valence-corrected chi connectivity index (χ1v) is 5.82. The van der Waals surface area contributed by atoms with Gasteiger partial charge in [-0.25, -0.2) is 8.78 Å². The molecule has 0 saturated carbocycles. The lowest BCUT2D eigenvalue weighted by Gasteiger charge is -2.05. The van der Waals surface area contributed by atoms with E-state index in [4.69, 9.17) is 0 Å². The molecule has 1 heterocycles. The van der Waals surface area contributed by atoms with E-state index in [0.29, 0.717) is 5.56 Å². The van der Waals surface area contributed by atoms with Gasteiger partial charge in [-0.05, 0) is 35.3 Å². The van der Waals surface area contributed by atoms with Gasteiger partial charge >= 0.3 is 0 Å². The molecular formula is C13H7F2NS. The Balaban J connectivity index is 2.38. The maximum Gasteiger partial charge on any atom is 0.133 e. The lowest BCUT2D eigenvalue weighted by molar-refractivity contribution is 0.590. The lowest BCUT2D eigenvalue weighted by atomic mass is 10.0. The first-order chi connectivity index (χ1) is 8.27. The fraction of sp³-hybridized carbons (Fsp3) is 0. The average molecular weight is 247 g/mol. The van der Waals surface area contributed by atoms with Crippen LogP contribution >= 0.6 is 11.5 Å². The predicted molar refractivity (Wildman–Crippen MR) is 65.0 cm³/mol. The van der Waals surface area contributed by atoms with E-state index in [0.717, 1.165) is 10.1 Å². The van der Waals surface area contributed by atoms with Crippen molar-refractivity contribution >= 4 is 21.6 Å². The van der Waals surface area contributed by atoms with Crippen molar-refractivity contribution in [2.75, 3.05) is 0 Å². The number of hydrogen-bond donors (Lipinski definition) is 0. The van der Waals surface area contributed by atoms with Crippen molar-refractivity contribution in [1.82, 2.24) is 4.37 Å². The quantitative estimate of drug-likeness (QED) is 0.626. The Hall–Kier alpha value is -1.81. The molecule has 17 heavy (non-hydrogen) atoms. The maximum atomic E-state index is 13.7. The number of benzene rings is 2. The van der Waals surface area contributed by atoms with Gasteiger partial charge in [-0.3, -0.25) is 0 Å². The second kappa shape index (κ2) is 3.89. The van der Waals surface area contributed by atoms with Crippen molar-refractivity contribution in [3.05, 3.63) is 54.2 Å². The third kappa shape index (κ3) is 1.61. The van der Waals surface area contributed by atoms with Crippen molar-refractivity contribution < 1.29 is 8.78 Å². The zero-order chi connectivity index (χ0) is 11.8. The minimum absolute atomic E-state index is 0.0123. The van der Waals surface area contributed by atoms with Crippen LogP contribution in [0.25, 0.3) is 21.2 Å². The molecule has 0 radical (unpaired) electrons. The number of rotatable bonds is 1. The highest BCUT2D eigenvalue weighted by molar-refractivity contribution is 7.13. The van der Waals surface area contributed by atoms with Crippen molar-refractivity contribution in [3.8, 4) is 11.1 Å². The Labute approximate surface area is 101 Å². The van der Waals surface area contributed by atoms with Crippen LogP contribution in [0.4, 0.5) is 8.78 Å². The van der Waals surface area contributed by atoms with Crippen LogP contribution in [0.15, 0.2) is 42.6 Å². The first kappa shape index (κ1) is 10.4. The molecule has 0 spiro atoms. The number of fused-ring (bicyclic) bond motifs is 1. The summed E-state index contributed by atoms with van der Waals surface area (Å²) in [6.07, 6.45) is 1.64. The third-order valence-electron chi connectivity index (χ3n) is 2.63. The average Bonchev–Trinajstić information content (AvgIpc) is 2.77. The van der Waals surface area contributed by atoms with E-state index in [2.05, 4.69) is 4.37 Å². The minimum Gasteiger partial charge on any atom is -0.206 e.